The van der Waals surface area contributed by atoms with Crippen molar-refractivity contribution < 1.29 is 14.2 Å². The van der Waals surface area contributed by atoms with Gasteiger partial charge in [-0.25, -0.2) is 0 Å². The van der Waals surface area contributed by atoms with Crippen LogP contribution in [0.4, 0.5) is 11.4 Å². The van der Waals surface area contributed by atoms with Crippen molar-refractivity contribution in [2.45, 2.75) is 0 Å². The molecule has 0 N–H and O–H groups in total. The molecule has 0 amide bonds. The highest BCUT2D eigenvalue weighted by molar-refractivity contribution is 5.55. The van der Waals surface area contributed by atoms with Crippen molar-refractivity contribution in [3.05, 3.63) is 24.3 Å². The Hall–Kier alpha value is -1.30. The Labute approximate surface area is 127 Å². The van der Waals surface area contributed by atoms with Crippen LogP contribution in [0.1, 0.15) is 0 Å². The first-order valence-corrected chi connectivity index (χ1v) is 7.53. The van der Waals surface area contributed by atoms with E-state index in [1.165, 1.54) is 11.4 Å². The van der Waals surface area contributed by atoms with E-state index in [1.54, 1.807) is 0 Å². The molecule has 0 spiro atoms. The topological polar surface area (TPSA) is 34.2 Å². The average molecular weight is 294 g/mol. The minimum atomic E-state index is 0.640. The van der Waals surface area contributed by atoms with Gasteiger partial charge in [0.25, 0.3) is 0 Å². The van der Waals surface area contributed by atoms with Crippen LogP contribution < -0.4 is 9.80 Å². The van der Waals surface area contributed by atoms with E-state index in [0.29, 0.717) is 39.6 Å². The molecule has 118 valence electrons. The maximum absolute atomic E-state index is 5.60. The van der Waals surface area contributed by atoms with Gasteiger partial charge in [0.1, 0.15) is 0 Å². The second kappa shape index (κ2) is 8.87. The molecular formula is C16H26N2O3. The smallest absolute Gasteiger partial charge is 0.0701 e. The molecule has 21 heavy (non-hydrogen) atoms. The molecule has 0 aromatic heterocycles. The number of nitrogens with zero attached hydrogens (tertiary/aromatic N) is 2. The van der Waals surface area contributed by atoms with Crippen LogP contribution in [0, 0.1) is 0 Å². The molecule has 1 aromatic carbocycles. The second-order valence-electron chi connectivity index (χ2n) is 5.23. The zero-order valence-electron chi connectivity index (χ0n) is 13.1. The SMILES string of the molecule is CN(C)c1ccc(N2CCOCCOCCOCC2)cc1. The Bertz CT molecular complexity index is 383. The molecule has 0 bridgehead atoms. The van der Waals surface area contributed by atoms with E-state index < -0.39 is 0 Å². The summed E-state index contributed by atoms with van der Waals surface area (Å²) in [6, 6.07) is 8.59. The Morgan fingerprint density at radius 1 is 0.762 bits per heavy atom. The van der Waals surface area contributed by atoms with Crippen molar-refractivity contribution in [2.75, 3.05) is 76.6 Å². The molecule has 1 saturated heterocycles. The van der Waals surface area contributed by atoms with Gasteiger partial charge in [-0.2, -0.15) is 0 Å². The van der Waals surface area contributed by atoms with E-state index in [-0.39, 0.29) is 0 Å². The van der Waals surface area contributed by atoms with Crippen molar-refractivity contribution in [2.24, 2.45) is 0 Å². The first-order valence-electron chi connectivity index (χ1n) is 7.53. The lowest BCUT2D eigenvalue weighted by Crippen LogP contribution is -2.32. The van der Waals surface area contributed by atoms with Crippen LogP contribution in [0.15, 0.2) is 24.3 Å². The van der Waals surface area contributed by atoms with Gasteiger partial charge in [0.05, 0.1) is 39.6 Å². The normalized spacial score (nSPS) is 18.7. The van der Waals surface area contributed by atoms with Crippen LogP contribution in [0.25, 0.3) is 0 Å². The molecule has 1 heterocycles. The third-order valence-corrected chi connectivity index (χ3v) is 3.49. The summed E-state index contributed by atoms with van der Waals surface area (Å²) in [6.45, 7) is 5.72. The van der Waals surface area contributed by atoms with E-state index in [9.17, 15) is 0 Å². The summed E-state index contributed by atoms with van der Waals surface area (Å²) in [5.41, 5.74) is 2.42. The molecule has 2 rings (SSSR count). The molecular weight excluding hydrogens is 268 g/mol. The summed E-state index contributed by atoms with van der Waals surface area (Å²) in [5.74, 6) is 0. The fourth-order valence-electron chi connectivity index (χ4n) is 2.22. The summed E-state index contributed by atoms with van der Waals surface area (Å²) in [6.07, 6.45) is 0. The van der Waals surface area contributed by atoms with Crippen molar-refractivity contribution in [1.29, 1.82) is 0 Å². The fraction of sp³-hybridized carbons (Fsp3) is 0.625. The second-order valence-corrected chi connectivity index (χ2v) is 5.23. The van der Waals surface area contributed by atoms with Crippen molar-refractivity contribution in [1.82, 2.24) is 0 Å². The Morgan fingerprint density at radius 3 is 1.71 bits per heavy atom. The molecule has 0 radical (unpaired) electrons. The van der Waals surface area contributed by atoms with Gasteiger partial charge in [-0.3, -0.25) is 0 Å². The van der Waals surface area contributed by atoms with Crippen LogP contribution in [0.3, 0.4) is 0 Å². The Morgan fingerprint density at radius 2 is 1.24 bits per heavy atom. The van der Waals surface area contributed by atoms with Gasteiger partial charge >= 0.3 is 0 Å². The number of ether oxygens (including phenoxy) is 3. The summed E-state index contributed by atoms with van der Waals surface area (Å²) in [5, 5.41) is 0. The predicted molar refractivity (Wildman–Crippen MR) is 85.4 cm³/mol. The maximum Gasteiger partial charge on any atom is 0.0701 e. The lowest BCUT2D eigenvalue weighted by Gasteiger charge is -2.26. The third-order valence-electron chi connectivity index (χ3n) is 3.49. The van der Waals surface area contributed by atoms with Crippen LogP contribution in [-0.2, 0) is 14.2 Å². The molecule has 5 nitrogen and oxygen atoms in total. The standard InChI is InChI=1S/C16H26N2O3/c1-17(2)15-3-5-16(6-4-15)18-7-9-19-11-13-21-14-12-20-10-8-18/h3-6H,7-14H2,1-2H3. The van der Waals surface area contributed by atoms with Gasteiger partial charge in [0.2, 0.25) is 0 Å². The lowest BCUT2D eigenvalue weighted by molar-refractivity contribution is 0.0126. The first-order chi connectivity index (χ1) is 10.3. The lowest BCUT2D eigenvalue weighted by atomic mass is 10.2. The largest absolute Gasteiger partial charge is 0.378 e. The van der Waals surface area contributed by atoms with Gasteiger partial charge in [0.15, 0.2) is 0 Å². The van der Waals surface area contributed by atoms with E-state index >= 15 is 0 Å². The van der Waals surface area contributed by atoms with E-state index in [2.05, 4.69) is 48.2 Å². The average Bonchev–Trinajstić information content (AvgIpc) is 2.48. The number of rotatable bonds is 2. The van der Waals surface area contributed by atoms with Gasteiger partial charge in [-0.1, -0.05) is 0 Å². The van der Waals surface area contributed by atoms with Gasteiger partial charge < -0.3 is 24.0 Å². The molecule has 5 heteroatoms. The van der Waals surface area contributed by atoms with Crippen LogP contribution in [0.5, 0.6) is 0 Å². The molecule has 0 atom stereocenters. The predicted octanol–water partition coefficient (Wildman–Crippen LogP) is 1.62. The summed E-state index contributed by atoms with van der Waals surface area (Å²) in [7, 11) is 4.10. The van der Waals surface area contributed by atoms with E-state index in [0.717, 1.165) is 13.1 Å². The zero-order valence-corrected chi connectivity index (χ0v) is 13.1. The highest BCUT2D eigenvalue weighted by Crippen LogP contribution is 2.19. The van der Waals surface area contributed by atoms with Crippen LogP contribution in [-0.4, -0.2) is 66.8 Å². The third kappa shape index (κ3) is 5.53. The zero-order chi connectivity index (χ0) is 14.9. The highest BCUT2D eigenvalue weighted by atomic mass is 16.5. The van der Waals surface area contributed by atoms with Gasteiger partial charge in [-0.05, 0) is 24.3 Å². The molecule has 1 aliphatic heterocycles. The molecule has 0 saturated carbocycles. The van der Waals surface area contributed by atoms with Crippen molar-refractivity contribution in [3.8, 4) is 0 Å². The number of benzene rings is 1. The van der Waals surface area contributed by atoms with Gasteiger partial charge in [0, 0.05) is 38.6 Å². The van der Waals surface area contributed by atoms with Crippen molar-refractivity contribution >= 4 is 11.4 Å². The Kier molecular flexibility index (Phi) is 6.79. The van der Waals surface area contributed by atoms with Crippen LogP contribution >= 0.6 is 0 Å². The highest BCUT2D eigenvalue weighted by Gasteiger charge is 2.08. The Balaban J connectivity index is 1.95. The van der Waals surface area contributed by atoms with Crippen molar-refractivity contribution in [3.63, 3.8) is 0 Å². The molecule has 0 aliphatic carbocycles. The number of anilines is 2. The monoisotopic (exact) mass is 294 g/mol. The number of hydrogen-bond donors (Lipinski definition) is 0. The van der Waals surface area contributed by atoms with E-state index in [4.69, 9.17) is 14.2 Å². The molecule has 1 aromatic rings. The molecule has 1 aliphatic rings. The quantitative estimate of drug-likeness (QED) is 0.828. The van der Waals surface area contributed by atoms with Crippen LogP contribution in [0.2, 0.25) is 0 Å². The summed E-state index contributed by atoms with van der Waals surface area (Å²) < 4.78 is 16.6. The minimum absolute atomic E-state index is 0.640. The molecule has 1 fully saturated rings. The fourth-order valence-corrected chi connectivity index (χ4v) is 2.22. The first kappa shape index (κ1) is 16.1. The van der Waals surface area contributed by atoms with E-state index in [1.807, 2.05) is 0 Å². The number of hydrogen-bond acceptors (Lipinski definition) is 5. The summed E-state index contributed by atoms with van der Waals surface area (Å²) >= 11 is 0. The summed E-state index contributed by atoms with van der Waals surface area (Å²) in [4.78, 5) is 4.41. The molecule has 0 unspecified atom stereocenters. The van der Waals surface area contributed by atoms with Gasteiger partial charge in [-0.15, -0.1) is 0 Å². The maximum atomic E-state index is 5.60. The minimum Gasteiger partial charge on any atom is -0.378 e.